The van der Waals surface area contributed by atoms with E-state index in [1.165, 1.54) is 0 Å². The van der Waals surface area contributed by atoms with Crippen LogP contribution in [-0.2, 0) is 23.7 Å². The molecule has 3 rings (SSSR count). The van der Waals surface area contributed by atoms with Gasteiger partial charge in [-0.05, 0) is 35.9 Å². The second-order valence-electron chi connectivity index (χ2n) is 7.25. The summed E-state index contributed by atoms with van der Waals surface area (Å²) in [6, 6.07) is 4.84. The van der Waals surface area contributed by atoms with E-state index in [0.717, 1.165) is 12.1 Å². The number of halogens is 6. The highest BCUT2D eigenvalue weighted by atomic mass is 19.4. The van der Waals surface area contributed by atoms with Crippen molar-refractivity contribution < 1.29 is 31.1 Å². The molecule has 1 saturated heterocycles. The first-order valence-corrected chi connectivity index (χ1v) is 9.43. The van der Waals surface area contributed by atoms with E-state index in [1.807, 2.05) is 12.1 Å². The summed E-state index contributed by atoms with van der Waals surface area (Å²) in [4.78, 5) is 20.2. The van der Waals surface area contributed by atoms with Gasteiger partial charge >= 0.3 is 12.4 Å². The fourth-order valence-corrected chi connectivity index (χ4v) is 3.28. The third-order valence-corrected chi connectivity index (χ3v) is 4.86. The molecule has 1 aliphatic heterocycles. The first-order chi connectivity index (χ1) is 14.5. The van der Waals surface area contributed by atoms with E-state index in [4.69, 9.17) is 0 Å². The van der Waals surface area contributed by atoms with E-state index in [-0.39, 0.29) is 12.6 Å². The molecule has 2 heterocycles. The molecule has 11 heteroatoms. The average molecular weight is 446 g/mol. The van der Waals surface area contributed by atoms with Gasteiger partial charge < -0.3 is 5.32 Å². The number of nitrogens with one attached hydrogen (secondary N) is 1. The maximum absolute atomic E-state index is 12.9. The molecule has 0 spiro atoms. The molecule has 0 atom stereocenters. The van der Waals surface area contributed by atoms with Crippen LogP contribution >= 0.6 is 0 Å². The lowest BCUT2D eigenvalue weighted by atomic mass is 10.1. The Kier molecular flexibility index (Phi) is 6.85. The van der Waals surface area contributed by atoms with Gasteiger partial charge in [0.15, 0.2) is 0 Å². The van der Waals surface area contributed by atoms with Crippen molar-refractivity contribution in [2.24, 2.45) is 0 Å². The standard InChI is InChI=1S/C20H20F6N4O/c21-19(22,23)15-9-16(20(24,25)26)11-17(10-15)28-18(31)13-30-7-5-29(6-8-30)12-14-1-3-27-4-2-14/h1-4,9-11H,5-8,12-13H2,(H,28,31). The van der Waals surface area contributed by atoms with Crippen LogP contribution in [0.1, 0.15) is 16.7 Å². The Morgan fingerprint density at radius 2 is 1.39 bits per heavy atom. The lowest BCUT2D eigenvalue weighted by Crippen LogP contribution is -2.48. The van der Waals surface area contributed by atoms with Crippen molar-refractivity contribution in [2.75, 3.05) is 38.0 Å². The number of pyridine rings is 1. The second kappa shape index (κ2) is 9.23. The molecule has 1 N–H and O–H groups in total. The normalized spacial score (nSPS) is 16.3. The number of carbonyl (C=O) groups excluding carboxylic acids is 1. The van der Waals surface area contributed by atoms with Gasteiger partial charge in [-0.1, -0.05) is 0 Å². The first-order valence-electron chi connectivity index (χ1n) is 9.43. The second-order valence-corrected chi connectivity index (χ2v) is 7.25. The summed E-state index contributed by atoms with van der Waals surface area (Å²) in [7, 11) is 0. The summed E-state index contributed by atoms with van der Waals surface area (Å²) < 4.78 is 77.7. The maximum Gasteiger partial charge on any atom is 0.416 e. The van der Waals surface area contributed by atoms with Crippen LogP contribution in [0.15, 0.2) is 42.7 Å². The number of benzene rings is 1. The van der Waals surface area contributed by atoms with Crippen molar-refractivity contribution in [3.63, 3.8) is 0 Å². The summed E-state index contributed by atoms with van der Waals surface area (Å²) >= 11 is 0. The van der Waals surface area contributed by atoms with Gasteiger partial charge in [0.05, 0.1) is 17.7 Å². The minimum Gasteiger partial charge on any atom is -0.325 e. The molecule has 0 unspecified atom stereocenters. The molecule has 31 heavy (non-hydrogen) atoms. The van der Waals surface area contributed by atoms with E-state index in [9.17, 15) is 31.1 Å². The van der Waals surface area contributed by atoms with E-state index in [1.54, 1.807) is 17.3 Å². The maximum atomic E-state index is 12.9. The Balaban J connectivity index is 1.57. The Morgan fingerprint density at radius 3 is 1.90 bits per heavy atom. The minimum absolute atomic E-state index is 0.0255. The number of nitrogens with zero attached hydrogens (tertiary/aromatic N) is 3. The van der Waals surface area contributed by atoms with Crippen LogP contribution in [0.2, 0.25) is 0 Å². The van der Waals surface area contributed by atoms with E-state index < -0.39 is 35.1 Å². The third-order valence-electron chi connectivity index (χ3n) is 4.86. The van der Waals surface area contributed by atoms with Crippen molar-refractivity contribution in [2.45, 2.75) is 18.9 Å². The molecule has 1 aliphatic rings. The van der Waals surface area contributed by atoms with Gasteiger partial charge in [-0.15, -0.1) is 0 Å². The number of hydrogen-bond donors (Lipinski definition) is 1. The summed E-state index contributed by atoms with van der Waals surface area (Å²) in [5.74, 6) is -0.671. The highest BCUT2D eigenvalue weighted by Crippen LogP contribution is 2.37. The Bertz CT molecular complexity index is 861. The molecule has 1 amide bonds. The zero-order chi connectivity index (χ0) is 22.6. The summed E-state index contributed by atoms with van der Waals surface area (Å²) in [6.07, 6.45) is -6.53. The quantitative estimate of drug-likeness (QED) is 0.709. The van der Waals surface area contributed by atoms with Gasteiger partial charge in [0.2, 0.25) is 5.91 Å². The van der Waals surface area contributed by atoms with Crippen molar-refractivity contribution in [3.05, 3.63) is 59.4 Å². The van der Waals surface area contributed by atoms with E-state index in [2.05, 4.69) is 15.2 Å². The smallest absolute Gasteiger partial charge is 0.325 e. The Morgan fingerprint density at radius 1 is 0.871 bits per heavy atom. The lowest BCUT2D eigenvalue weighted by molar-refractivity contribution is -0.143. The monoisotopic (exact) mass is 446 g/mol. The molecule has 1 fully saturated rings. The van der Waals surface area contributed by atoms with E-state index in [0.29, 0.717) is 38.3 Å². The minimum atomic E-state index is -4.97. The predicted octanol–water partition coefficient (Wildman–Crippen LogP) is 3.88. The van der Waals surface area contributed by atoms with Crippen molar-refractivity contribution >= 4 is 11.6 Å². The fourth-order valence-electron chi connectivity index (χ4n) is 3.28. The molecule has 168 valence electrons. The number of rotatable bonds is 5. The molecular formula is C20H20F6N4O. The number of aromatic nitrogens is 1. The highest BCUT2D eigenvalue weighted by Gasteiger charge is 2.37. The molecular weight excluding hydrogens is 426 g/mol. The molecule has 1 aromatic heterocycles. The summed E-state index contributed by atoms with van der Waals surface area (Å²) in [6.45, 7) is 3.06. The number of amides is 1. The Labute approximate surface area is 174 Å². The van der Waals surface area contributed by atoms with Crippen molar-refractivity contribution in [3.8, 4) is 0 Å². The van der Waals surface area contributed by atoms with Gasteiger partial charge in [0.25, 0.3) is 0 Å². The van der Waals surface area contributed by atoms with Gasteiger partial charge in [-0.3, -0.25) is 19.6 Å². The number of anilines is 1. The highest BCUT2D eigenvalue weighted by molar-refractivity contribution is 5.92. The van der Waals surface area contributed by atoms with Crippen LogP contribution < -0.4 is 5.32 Å². The SMILES string of the molecule is O=C(CN1CCN(Cc2ccncc2)CC1)Nc1cc(C(F)(F)F)cc(C(F)(F)F)c1. The summed E-state index contributed by atoms with van der Waals surface area (Å²) in [5, 5.41) is 2.16. The number of carbonyl (C=O) groups is 1. The van der Waals surface area contributed by atoms with Crippen LogP contribution in [0.4, 0.5) is 32.0 Å². The molecule has 2 aromatic rings. The zero-order valence-electron chi connectivity index (χ0n) is 16.3. The molecule has 0 aliphatic carbocycles. The molecule has 1 aromatic carbocycles. The predicted molar refractivity (Wildman–Crippen MR) is 101 cm³/mol. The topological polar surface area (TPSA) is 48.5 Å². The zero-order valence-corrected chi connectivity index (χ0v) is 16.3. The van der Waals surface area contributed by atoms with Gasteiger partial charge in [-0.25, -0.2) is 0 Å². The van der Waals surface area contributed by atoms with Crippen LogP contribution in [-0.4, -0.2) is 53.4 Å². The Hall–Kier alpha value is -2.66. The van der Waals surface area contributed by atoms with Crippen molar-refractivity contribution in [1.82, 2.24) is 14.8 Å². The summed E-state index contributed by atoms with van der Waals surface area (Å²) in [5.41, 5.74) is -2.38. The number of hydrogen-bond acceptors (Lipinski definition) is 4. The fraction of sp³-hybridized carbons (Fsp3) is 0.400. The van der Waals surface area contributed by atoms with Crippen molar-refractivity contribution in [1.29, 1.82) is 0 Å². The first kappa shape index (κ1) is 23.0. The van der Waals surface area contributed by atoms with Gasteiger partial charge in [0.1, 0.15) is 0 Å². The number of piperazine rings is 1. The molecule has 0 radical (unpaired) electrons. The molecule has 0 bridgehead atoms. The average Bonchev–Trinajstić information content (AvgIpc) is 2.68. The van der Waals surface area contributed by atoms with Crippen LogP contribution in [0.5, 0.6) is 0 Å². The van der Waals surface area contributed by atoms with Crippen LogP contribution in [0.3, 0.4) is 0 Å². The largest absolute Gasteiger partial charge is 0.416 e. The van der Waals surface area contributed by atoms with Crippen LogP contribution in [0, 0.1) is 0 Å². The number of alkyl halides is 6. The van der Waals surface area contributed by atoms with Gasteiger partial charge in [-0.2, -0.15) is 26.3 Å². The van der Waals surface area contributed by atoms with Crippen LogP contribution in [0.25, 0.3) is 0 Å². The van der Waals surface area contributed by atoms with Gasteiger partial charge in [0, 0.05) is 50.8 Å². The molecule has 0 saturated carbocycles. The molecule has 5 nitrogen and oxygen atoms in total. The third kappa shape index (κ3) is 6.66. The lowest BCUT2D eigenvalue weighted by Gasteiger charge is -2.34. The van der Waals surface area contributed by atoms with E-state index >= 15 is 0 Å².